The zero-order chi connectivity index (χ0) is 12.8. The van der Waals surface area contributed by atoms with Crippen molar-refractivity contribution in [1.29, 1.82) is 0 Å². The number of carbonyl (C=O) groups excluding carboxylic acids is 1. The van der Waals surface area contributed by atoms with Crippen molar-refractivity contribution in [3.8, 4) is 0 Å². The highest BCUT2D eigenvalue weighted by Crippen LogP contribution is 2.24. The van der Waals surface area contributed by atoms with Crippen molar-refractivity contribution in [3.05, 3.63) is 29.3 Å². The summed E-state index contributed by atoms with van der Waals surface area (Å²) in [5.74, 6) is 1.41. The van der Waals surface area contributed by atoms with Crippen LogP contribution in [0.1, 0.15) is 25.7 Å². The summed E-state index contributed by atoms with van der Waals surface area (Å²) in [5.41, 5.74) is 0. The molecule has 0 aromatic heterocycles. The van der Waals surface area contributed by atoms with E-state index < -0.39 is 0 Å². The summed E-state index contributed by atoms with van der Waals surface area (Å²) in [6.45, 7) is 0.739. The number of nitrogens with one attached hydrogen (secondary N) is 1. The quantitative estimate of drug-likeness (QED) is 0.659. The number of rotatable bonds is 5. The van der Waals surface area contributed by atoms with Crippen molar-refractivity contribution in [2.24, 2.45) is 5.92 Å². The van der Waals surface area contributed by atoms with Crippen LogP contribution in [0.2, 0.25) is 5.02 Å². The van der Waals surface area contributed by atoms with Crippen LogP contribution in [0.5, 0.6) is 0 Å². The SMILES string of the molecule is O=C(NCCSc1ccc(Cl)cc1)C1CCCC1. The van der Waals surface area contributed by atoms with Crippen molar-refractivity contribution in [2.45, 2.75) is 30.6 Å². The Morgan fingerprint density at radius 3 is 2.61 bits per heavy atom. The normalized spacial score (nSPS) is 15.8. The maximum atomic E-state index is 11.8. The predicted molar refractivity (Wildman–Crippen MR) is 77.1 cm³/mol. The van der Waals surface area contributed by atoms with Gasteiger partial charge in [0.25, 0.3) is 0 Å². The maximum absolute atomic E-state index is 11.8. The molecule has 1 saturated carbocycles. The van der Waals surface area contributed by atoms with Gasteiger partial charge in [0.05, 0.1) is 0 Å². The number of hydrogen-bond acceptors (Lipinski definition) is 2. The zero-order valence-corrected chi connectivity index (χ0v) is 11.9. The molecule has 0 spiro atoms. The van der Waals surface area contributed by atoms with E-state index in [1.807, 2.05) is 24.3 Å². The van der Waals surface area contributed by atoms with E-state index in [1.165, 1.54) is 17.7 Å². The van der Waals surface area contributed by atoms with Gasteiger partial charge in [-0.15, -0.1) is 11.8 Å². The first-order valence-electron chi connectivity index (χ1n) is 6.42. The predicted octanol–water partition coefficient (Wildman–Crippen LogP) is 3.74. The first kappa shape index (κ1) is 13.8. The second kappa shape index (κ2) is 7.05. The molecule has 0 aliphatic heterocycles. The van der Waals surface area contributed by atoms with Crippen LogP contribution in [0.4, 0.5) is 0 Å². The Kier molecular flexibility index (Phi) is 5.39. The van der Waals surface area contributed by atoms with Gasteiger partial charge in [-0.2, -0.15) is 0 Å². The molecule has 0 atom stereocenters. The summed E-state index contributed by atoms with van der Waals surface area (Å²) >= 11 is 7.56. The average molecular weight is 284 g/mol. The maximum Gasteiger partial charge on any atom is 0.223 e. The minimum atomic E-state index is 0.240. The van der Waals surface area contributed by atoms with Crippen LogP contribution < -0.4 is 5.32 Å². The number of benzene rings is 1. The summed E-state index contributed by atoms with van der Waals surface area (Å²) in [4.78, 5) is 13.0. The molecular formula is C14H18ClNOS. The lowest BCUT2D eigenvalue weighted by Gasteiger charge is -2.09. The highest BCUT2D eigenvalue weighted by molar-refractivity contribution is 7.99. The van der Waals surface area contributed by atoms with E-state index in [9.17, 15) is 4.79 Å². The highest BCUT2D eigenvalue weighted by atomic mass is 35.5. The van der Waals surface area contributed by atoms with Crippen LogP contribution in [0.3, 0.4) is 0 Å². The molecule has 4 heteroatoms. The topological polar surface area (TPSA) is 29.1 Å². The molecule has 0 bridgehead atoms. The lowest BCUT2D eigenvalue weighted by Crippen LogP contribution is -2.30. The van der Waals surface area contributed by atoms with Crippen molar-refractivity contribution >= 4 is 29.3 Å². The summed E-state index contributed by atoms with van der Waals surface area (Å²) < 4.78 is 0. The van der Waals surface area contributed by atoms with Crippen LogP contribution in [0, 0.1) is 5.92 Å². The van der Waals surface area contributed by atoms with Gasteiger partial charge in [-0.05, 0) is 37.1 Å². The Hall–Kier alpha value is -0.670. The zero-order valence-electron chi connectivity index (χ0n) is 10.3. The first-order valence-corrected chi connectivity index (χ1v) is 7.78. The van der Waals surface area contributed by atoms with Crippen molar-refractivity contribution in [1.82, 2.24) is 5.32 Å². The molecule has 1 aromatic rings. The van der Waals surface area contributed by atoms with Gasteiger partial charge in [0, 0.05) is 28.1 Å². The molecule has 0 unspecified atom stereocenters. The van der Waals surface area contributed by atoms with Gasteiger partial charge >= 0.3 is 0 Å². The minimum absolute atomic E-state index is 0.240. The third kappa shape index (κ3) is 4.21. The molecule has 1 amide bonds. The molecule has 1 aromatic carbocycles. The molecule has 98 valence electrons. The lowest BCUT2D eigenvalue weighted by molar-refractivity contribution is -0.124. The number of halogens is 1. The number of thioether (sulfide) groups is 1. The van der Waals surface area contributed by atoms with Crippen LogP contribution in [0.25, 0.3) is 0 Å². The van der Waals surface area contributed by atoms with E-state index >= 15 is 0 Å². The summed E-state index contributed by atoms with van der Waals surface area (Å²) in [5, 5.41) is 3.78. The fraction of sp³-hybridized carbons (Fsp3) is 0.500. The molecule has 0 radical (unpaired) electrons. The van der Waals surface area contributed by atoms with Crippen molar-refractivity contribution in [2.75, 3.05) is 12.3 Å². The van der Waals surface area contributed by atoms with E-state index in [4.69, 9.17) is 11.6 Å². The van der Waals surface area contributed by atoms with Gasteiger partial charge in [0.2, 0.25) is 5.91 Å². The van der Waals surface area contributed by atoms with Gasteiger partial charge < -0.3 is 5.32 Å². The Morgan fingerprint density at radius 2 is 1.94 bits per heavy atom. The van der Waals surface area contributed by atoms with E-state index in [0.717, 1.165) is 30.2 Å². The summed E-state index contributed by atoms with van der Waals surface area (Å²) in [7, 11) is 0. The third-order valence-corrected chi connectivity index (χ3v) is 4.48. The standard InChI is InChI=1S/C14H18ClNOS/c15-12-5-7-13(8-6-12)18-10-9-16-14(17)11-3-1-2-4-11/h5-8,11H,1-4,9-10H2,(H,16,17). The molecule has 18 heavy (non-hydrogen) atoms. The summed E-state index contributed by atoms with van der Waals surface area (Å²) in [6.07, 6.45) is 4.54. The largest absolute Gasteiger partial charge is 0.355 e. The van der Waals surface area contributed by atoms with Gasteiger partial charge in [0.15, 0.2) is 0 Å². The molecule has 2 nitrogen and oxygen atoms in total. The van der Waals surface area contributed by atoms with E-state index in [0.29, 0.717) is 0 Å². The van der Waals surface area contributed by atoms with Crippen LogP contribution in [0.15, 0.2) is 29.2 Å². The number of hydrogen-bond donors (Lipinski definition) is 1. The Balaban J connectivity index is 1.63. The number of amides is 1. The monoisotopic (exact) mass is 283 g/mol. The molecule has 1 aliphatic rings. The molecule has 2 rings (SSSR count). The molecule has 0 heterocycles. The molecular weight excluding hydrogens is 266 g/mol. The Bertz CT molecular complexity index is 387. The van der Waals surface area contributed by atoms with E-state index in [-0.39, 0.29) is 11.8 Å². The Labute approximate surface area is 117 Å². The molecule has 0 saturated heterocycles. The Morgan fingerprint density at radius 1 is 1.28 bits per heavy atom. The second-order valence-corrected chi connectivity index (χ2v) is 6.18. The fourth-order valence-electron chi connectivity index (χ4n) is 2.21. The van der Waals surface area contributed by atoms with Gasteiger partial charge in [-0.1, -0.05) is 24.4 Å². The van der Waals surface area contributed by atoms with Crippen LogP contribution in [-0.2, 0) is 4.79 Å². The first-order chi connectivity index (χ1) is 8.75. The van der Waals surface area contributed by atoms with Gasteiger partial charge in [-0.25, -0.2) is 0 Å². The van der Waals surface area contributed by atoms with Crippen molar-refractivity contribution in [3.63, 3.8) is 0 Å². The lowest BCUT2D eigenvalue weighted by atomic mass is 10.1. The average Bonchev–Trinajstić information content (AvgIpc) is 2.90. The molecule has 1 fully saturated rings. The number of carbonyl (C=O) groups is 1. The van der Waals surface area contributed by atoms with Gasteiger partial charge in [0.1, 0.15) is 0 Å². The van der Waals surface area contributed by atoms with E-state index in [2.05, 4.69) is 5.32 Å². The highest BCUT2D eigenvalue weighted by Gasteiger charge is 2.21. The fourth-order valence-corrected chi connectivity index (χ4v) is 3.10. The molecule has 1 N–H and O–H groups in total. The van der Waals surface area contributed by atoms with Gasteiger partial charge in [-0.3, -0.25) is 4.79 Å². The smallest absolute Gasteiger partial charge is 0.223 e. The third-order valence-electron chi connectivity index (χ3n) is 3.21. The summed E-state index contributed by atoms with van der Waals surface area (Å²) in [6, 6.07) is 7.79. The van der Waals surface area contributed by atoms with Crippen LogP contribution in [-0.4, -0.2) is 18.2 Å². The van der Waals surface area contributed by atoms with E-state index in [1.54, 1.807) is 11.8 Å². The van der Waals surface area contributed by atoms with Crippen molar-refractivity contribution < 1.29 is 4.79 Å². The minimum Gasteiger partial charge on any atom is -0.355 e. The molecule has 1 aliphatic carbocycles. The van der Waals surface area contributed by atoms with Crippen LogP contribution >= 0.6 is 23.4 Å². The second-order valence-electron chi connectivity index (χ2n) is 4.57.